The summed E-state index contributed by atoms with van der Waals surface area (Å²) in [7, 11) is 1.64. The molecule has 6 nitrogen and oxygen atoms in total. The first kappa shape index (κ1) is 14.9. The summed E-state index contributed by atoms with van der Waals surface area (Å²) in [5, 5.41) is 3.05. The van der Waals surface area contributed by atoms with Crippen LogP contribution in [0.25, 0.3) is 0 Å². The molecule has 124 valence electrons. The zero-order valence-corrected chi connectivity index (χ0v) is 13.8. The fraction of sp³-hybridized carbons (Fsp3) is 0.389. The van der Waals surface area contributed by atoms with Gasteiger partial charge in [0.05, 0.1) is 18.8 Å². The van der Waals surface area contributed by atoms with Crippen LogP contribution in [0.5, 0.6) is 5.75 Å². The van der Waals surface area contributed by atoms with E-state index in [1.54, 1.807) is 13.4 Å². The topological polar surface area (TPSA) is 67.3 Å². The first-order valence-corrected chi connectivity index (χ1v) is 8.20. The van der Waals surface area contributed by atoms with E-state index in [9.17, 15) is 4.79 Å². The van der Waals surface area contributed by atoms with Crippen molar-refractivity contribution >= 4 is 11.7 Å². The molecule has 6 heteroatoms. The molecule has 0 spiro atoms. The standard InChI is InChI=1S/C18H20N4O2/c1-11-7-13(24-2)4-5-15(11)21-18(23)22-12-3-6-17(22)14-9-19-10-20-16(14)8-12/h4-5,7,9-10,12,17H,3,6,8H2,1-2H3,(H,21,23)/t12-,17+/m0/s1. The van der Waals surface area contributed by atoms with Gasteiger partial charge in [-0.1, -0.05) is 0 Å². The second kappa shape index (κ2) is 5.78. The van der Waals surface area contributed by atoms with Gasteiger partial charge in [0, 0.05) is 29.9 Å². The number of fused-ring (bicyclic) bond motifs is 4. The third-order valence-corrected chi connectivity index (χ3v) is 5.03. The highest BCUT2D eigenvalue weighted by Gasteiger charge is 2.43. The second-order valence-corrected chi connectivity index (χ2v) is 6.39. The van der Waals surface area contributed by atoms with E-state index in [4.69, 9.17) is 4.74 Å². The average Bonchev–Trinajstić information content (AvgIpc) is 2.92. The Hall–Kier alpha value is -2.63. The zero-order valence-electron chi connectivity index (χ0n) is 13.8. The number of aromatic nitrogens is 2. The third-order valence-electron chi connectivity index (χ3n) is 5.03. The van der Waals surface area contributed by atoms with E-state index in [0.717, 1.165) is 47.5 Å². The Morgan fingerprint density at radius 1 is 1.38 bits per heavy atom. The molecular weight excluding hydrogens is 304 g/mol. The number of aryl methyl sites for hydroxylation is 1. The number of ether oxygens (including phenoxy) is 1. The first-order valence-electron chi connectivity index (χ1n) is 8.20. The van der Waals surface area contributed by atoms with Gasteiger partial charge in [-0.2, -0.15) is 0 Å². The van der Waals surface area contributed by atoms with Gasteiger partial charge in [-0.3, -0.25) is 0 Å². The molecule has 1 saturated heterocycles. The van der Waals surface area contributed by atoms with Crippen LogP contribution >= 0.6 is 0 Å². The molecule has 2 amide bonds. The number of amides is 2. The van der Waals surface area contributed by atoms with Crippen molar-refractivity contribution in [2.45, 2.75) is 38.3 Å². The van der Waals surface area contributed by atoms with E-state index < -0.39 is 0 Å². The lowest BCUT2D eigenvalue weighted by atomic mass is 10.00. The summed E-state index contributed by atoms with van der Waals surface area (Å²) >= 11 is 0. The number of nitrogens with one attached hydrogen (secondary N) is 1. The highest BCUT2D eigenvalue weighted by atomic mass is 16.5. The molecule has 2 bridgehead atoms. The number of methoxy groups -OCH3 is 1. The van der Waals surface area contributed by atoms with Gasteiger partial charge in [-0.25, -0.2) is 14.8 Å². The maximum Gasteiger partial charge on any atom is 0.322 e. The Morgan fingerprint density at radius 3 is 3.04 bits per heavy atom. The molecular formula is C18H20N4O2. The van der Waals surface area contributed by atoms with Crippen LogP contribution in [0.2, 0.25) is 0 Å². The molecule has 1 aromatic carbocycles. The van der Waals surface area contributed by atoms with Crippen LogP contribution in [0, 0.1) is 6.92 Å². The van der Waals surface area contributed by atoms with Gasteiger partial charge < -0.3 is 15.0 Å². The fourth-order valence-electron chi connectivity index (χ4n) is 3.82. The van der Waals surface area contributed by atoms with Gasteiger partial charge in [0.15, 0.2) is 0 Å². The van der Waals surface area contributed by atoms with E-state index in [2.05, 4.69) is 15.3 Å². The van der Waals surface area contributed by atoms with Crippen LogP contribution in [-0.4, -0.2) is 34.1 Å². The molecule has 2 aliphatic rings. The molecule has 1 fully saturated rings. The van der Waals surface area contributed by atoms with E-state index in [-0.39, 0.29) is 18.1 Å². The summed E-state index contributed by atoms with van der Waals surface area (Å²) in [6, 6.07) is 5.91. The molecule has 3 heterocycles. The summed E-state index contributed by atoms with van der Waals surface area (Å²) in [6.45, 7) is 1.96. The predicted octanol–water partition coefficient (Wildman–Crippen LogP) is 3.09. The number of anilines is 1. The predicted molar refractivity (Wildman–Crippen MR) is 90.1 cm³/mol. The maximum absolute atomic E-state index is 12.9. The van der Waals surface area contributed by atoms with E-state index >= 15 is 0 Å². The van der Waals surface area contributed by atoms with Crippen LogP contribution in [0.15, 0.2) is 30.7 Å². The summed E-state index contributed by atoms with van der Waals surface area (Å²) < 4.78 is 5.22. The largest absolute Gasteiger partial charge is 0.497 e. The number of urea groups is 1. The molecule has 2 aromatic rings. The number of nitrogens with zero attached hydrogens (tertiary/aromatic N) is 3. The minimum absolute atomic E-state index is 0.0507. The van der Waals surface area contributed by atoms with Gasteiger partial charge in [0.1, 0.15) is 12.1 Å². The molecule has 2 atom stereocenters. The number of carbonyl (C=O) groups is 1. The number of hydrogen-bond donors (Lipinski definition) is 1. The number of rotatable bonds is 2. The number of carbonyl (C=O) groups excluding carboxylic acids is 1. The molecule has 4 rings (SSSR count). The van der Waals surface area contributed by atoms with E-state index in [0.29, 0.717) is 0 Å². The molecule has 2 aliphatic heterocycles. The molecule has 0 unspecified atom stereocenters. The van der Waals surface area contributed by atoms with Crippen molar-refractivity contribution in [3.63, 3.8) is 0 Å². The molecule has 1 N–H and O–H groups in total. The Bertz CT molecular complexity index is 792. The molecule has 0 aliphatic carbocycles. The third kappa shape index (κ3) is 2.38. The number of hydrogen-bond acceptors (Lipinski definition) is 4. The van der Waals surface area contributed by atoms with Crippen molar-refractivity contribution < 1.29 is 9.53 Å². The second-order valence-electron chi connectivity index (χ2n) is 6.39. The van der Waals surface area contributed by atoms with Crippen LogP contribution in [0.3, 0.4) is 0 Å². The summed E-state index contributed by atoms with van der Waals surface area (Å²) in [4.78, 5) is 23.4. The summed E-state index contributed by atoms with van der Waals surface area (Å²) in [5.74, 6) is 0.787. The van der Waals surface area contributed by atoms with Crippen LogP contribution in [-0.2, 0) is 6.42 Å². The van der Waals surface area contributed by atoms with Gasteiger partial charge in [0.2, 0.25) is 0 Å². The Labute approximate surface area is 140 Å². The minimum Gasteiger partial charge on any atom is -0.497 e. The monoisotopic (exact) mass is 324 g/mol. The van der Waals surface area contributed by atoms with E-state index in [1.165, 1.54) is 0 Å². The average molecular weight is 324 g/mol. The van der Waals surface area contributed by atoms with Gasteiger partial charge in [-0.15, -0.1) is 0 Å². The van der Waals surface area contributed by atoms with Crippen LogP contribution in [0.4, 0.5) is 10.5 Å². The smallest absolute Gasteiger partial charge is 0.322 e. The zero-order chi connectivity index (χ0) is 16.7. The van der Waals surface area contributed by atoms with Crippen molar-refractivity contribution in [1.29, 1.82) is 0 Å². The lowest BCUT2D eigenvalue weighted by Gasteiger charge is -2.35. The van der Waals surface area contributed by atoms with Crippen molar-refractivity contribution in [1.82, 2.24) is 14.9 Å². The van der Waals surface area contributed by atoms with Gasteiger partial charge in [0.25, 0.3) is 0 Å². The Balaban J connectivity index is 1.58. The minimum atomic E-state index is -0.0507. The van der Waals surface area contributed by atoms with Gasteiger partial charge >= 0.3 is 6.03 Å². The quantitative estimate of drug-likeness (QED) is 0.922. The van der Waals surface area contributed by atoms with Gasteiger partial charge in [-0.05, 0) is 43.5 Å². The fourth-order valence-corrected chi connectivity index (χ4v) is 3.82. The Kier molecular flexibility index (Phi) is 3.59. The highest BCUT2D eigenvalue weighted by Crippen LogP contribution is 2.43. The normalized spacial score (nSPS) is 21.3. The maximum atomic E-state index is 12.9. The Morgan fingerprint density at radius 2 is 2.25 bits per heavy atom. The van der Waals surface area contributed by atoms with Crippen LogP contribution in [0.1, 0.15) is 35.7 Å². The molecule has 0 saturated carbocycles. The number of benzene rings is 1. The van der Waals surface area contributed by atoms with E-state index in [1.807, 2.05) is 36.2 Å². The van der Waals surface area contributed by atoms with Crippen molar-refractivity contribution in [3.8, 4) is 5.75 Å². The highest BCUT2D eigenvalue weighted by molar-refractivity contribution is 5.91. The lowest BCUT2D eigenvalue weighted by molar-refractivity contribution is 0.178. The van der Waals surface area contributed by atoms with Crippen molar-refractivity contribution in [2.24, 2.45) is 0 Å². The first-order chi connectivity index (χ1) is 11.7. The van der Waals surface area contributed by atoms with Crippen LogP contribution < -0.4 is 10.1 Å². The molecule has 24 heavy (non-hydrogen) atoms. The molecule has 0 radical (unpaired) electrons. The summed E-state index contributed by atoms with van der Waals surface area (Å²) in [5.41, 5.74) is 3.97. The lowest BCUT2D eigenvalue weighted by Crippen LogP contribution is -2.44. The SMILES string of the molecule is COc1ccc(NC(=O)N2[C@H]3CC[C@@H]2c2cncnc2C3)c(C)c1. The summed E-state index contributed by atoms with van der Waals surface area (Å²) in [6.07, 6.45) is 6.24. The molecule has 1 aromatic heterocycles. The van der Waals surface area contributed by atoms with Crippen molar-refractivity contribution in [2.75, 3.05) is 12.4 Å². The van der Waals surface area contributed by atoms with Crippen molar-refractivity contribution in [3.05, 3.63) is 47.5 Å².